The van der Waals surface area contributed by atoms with Crippen molar-refractivity contribution in [3.05, 3.63) is 22.7 Å². The zero-order chi connectivity index (χ0) is 18.8. The van der Waals surface area contributed by atoms with Crippen LogP contribution in [0.3, 0.4) is 0 Å². The highest BCUT2D eigenvalue weighted by atomic mass is 79.9. The first-order valence-corrected chi connectivity index (χ1v) is 12.2. The fourth-order valence-corrected chi connectivity index (χ4v) is 10.2. The zero-order valence-corrected chi connectivity index (χ0v) is 18.9. The number of hydrogen-bond donors (Lipinski definition) is 1. The molecular formula is C19H32BrN3OSi. The number of hydrogen-bond acceptors (Lipinski definition) is 3. The smallest absolute Gasteiger partial charge is 0.201 e. The van der Waals surface area contributed by atoms with Crippen molar-refractivity contribution in [2.24, 2.45) is 0 Å². The molecule has 0 saturated carbocycles. The predicted octanol–water partition coefficient (Wildman–Crippen LogP) is 5.96. The Morgan fingerprint density at radius 1 is 1.12 bits per heavy atom. The molecule has 0 radical (unpaired) electrons. The summed E-state index contributed by atoms with van der Waals surface area (Å²) < 4.78 is 9.78. The van der Waals surface area contributed by atoms with Crippen LogP contribution in [0.5, 0.6) is 0 Å². The Kier molecular flexibility index (Phi) is 6.73. The molecule has 0 atom stereocenters. The van der Waals surface area contributed by atoms with Crippen molar-refractivity contribution in [1.82, 2.24) is 9.55 Å². The summed E-state index contributed by atoms with van der Waals surface area (Å²) in [4.78, 5) is 4.45. The lowest BCUT2D eigenvalue weighted by Crippen LogP contribution is -2.48. The molecule has 0 bridgehead atoms. The molecule has 6 heteroatoms. The molecule has 1 aromatic heterocycles. The average Bonchev–Trinajstić information content (AvgIpc) is 2.81. The van der Waals surface area contributed by atoms with Gasteiger partial charge in [-0.2, -0.15) is 0 Å². The van der Waals surface area contributed by atoms with Crippen LogP contribution in [-0.4, -0.2) is 24.5 Å². The first-order valence-electron chi connectivity index (χ1n) is 9.25. The number of imidazole rings is 1. The third-order valence-electron chi connectivity index (χ3n) is 5.33. The topological polar surface area (TPSA) is 53.1 Å². The predicted molar refractivity (Wildman–Crippen MR) is 113 cm³/mol. The van der Waals surface area contributed by atoms with E-state index in [1.54, 1.807) is 0 Å². The van der Waals surface area contributed by atoms with Crippen molar-refractivity contribution in [2.45, 2.75) is 71.1 Å². The maximum Gasteiger partial charge on any atom is 0.201 e. The van der Waals surface area contributed by atoms with Crippen molar-refractivity contribution < 1.29 is 4.43 Å². The fourth-order valence-electron chi connectivity index (χ4n) is 4.32. The van der Waals surface area contributed by atoms with E-state index in [1.165, 1.54) is 0 Å². The van der Waals surface area contributed by atoms with E-state index in [9.17, 15) is 0 Å². The largest absolute Gasteiger partial charge is 0.416 e. The van der Waals surface area contributed by atoms with Gasteiger partial charge in [0, 0.05) is 17.6 Å². The Hall–Kier alpha value is -0.853. The van der Waals surface area contributed by atoms with Crippen molar-refractivity contribution in [3.8, 4) is 0 Å². The summed E-state index contributed by atoms with van der Waals surface area (Å²) in [5.41, 5.74) is 9.98. The molecule has 2 rings (SSSR count). The van der Waals surface area contributed by atoms with Gasteiger partial charge in [-0.3, -0.25) is 0 Å². The molecule has 1 aromatic carbocycles. The Bertz CT molecular complexity index is 690. The lowest BCUT2D eigenvalue weighted by atomic mass is 10.3. The second-order valence-electron chi connectivity index (χ2n) is 7.77. The zero-order valence-electron chi connectivity index (χ0n) is 16.3. The number of halogens is 1. The highest BCUT2D eigenvalue weighted by Crippen LogP contribution is 2.42. The second-order valence-corrected chi connectivity index (χ2v) is 14.1. The van der Waals surface area contributed by atoms with E-state index in [0.717, 1.165) is 35.1 Å². The molecule has 4 nitrogen and oxygen atoms in total. The number of nitrogens with zero attached hydrogens (tertiary/aromatic N) is 2. The molecular weight excluding hydrogens is 394 g/mol. The van der Waals surface area contributed by atoms with Crippen LogP contribution in [0.15, 0.2) is 22.7 Å². The Morgan fingerprint density at radius 3 is 2.28 bits per heavy atom. The van der Waals surface area contributed by atoms with Gasteiger partial charge in [0.2, 0.25) is 5.95 Å². The highest BCUT2D eigenvalue weighted by Gasteiger charge is 2.44. The molecule has 0 unspecified atom stereocenters. The van der Waals surface area contributed by atoms with Gasteiger partial charge in [0.1, 0.15) is 0 Å². The van der Waals surface area contributed by atoms with Gasteiger partial charge in [-0.05, 0) is 41.2 Å². The molecule has 2 aromatic rings. The van der Waals surface area contributed by atoms with Crippen LogP contribution >= 0.6 is 15.9 Å². The van der Waals surface area contributed by atoms with E-state index in [4.69, 9.17) is 10.2 Å². The van der Waals surface area contributed by atoms with E-state index in [-0.39, 0.29) is 0 Å². The molecule has 0 aliphatic heterocycles. The summed E-state index contributed by atoms with van der Waals surface area (Å²) in [6.45, 7) is 15.6. The lowest BCUT2D eigenvalue weighted by Gasteiger charge is -2.42. The Balaban J connectivity index is 2.08. The van der Waals surface area contributed by atoms with Gasteiger partial charge in [-0.25, -0.2) is 4.98 Å². The molecule has 0 amide bonds. The van der Waals surface area contributed by atoms with E-state index in [2.05, 4.69) is 73.1 Å². The molecule has 0 spiro atoms. The van der Waals surface area contributed by atoms with E-state index >= 15 is 0 Å². The van der Waals surface area contributed by atoms with Crippen LogP contribution in [0, 0.1) is 0 Å². The quantitative estimate of drug-likeness (QED) is 0.418. The summed E-state index contributed by atoms with van der Waals surface area (Å²) in [7, 11) is -1.79. The summed E-state index contributed by atoms with van der Waals surface area (Å²) in [6, 6.07) is 6.07. The number of aromatic nitrogens is 2. The minimum absolute atomic E-state index is 0.577. The molecule has 0 aliphatic carbocycles. The molecule has 140 valence electrons. The number of nitrogen functional groups attached to an aromatic ring is 1. The number of fused-ring (bicyclic) bond motifs is 1. The monoisotopic (exact) mass is 425 g/mol. The number of aryl methyl sites for hydroxylation is 1. The minimum atomic E-state index is -1.79. The van der Waals surface area contributed by atoms with Gasteiger partial charge >= 0.3 is 0 Å². The molecule has 0 saturated heterocycles. The van der Waals surface area contributed by atoms with Crippen LogP contribution in [0.4, 0.5) is 5.95 Å². The molecule has 0 fully saturated rings. The standard InChI is InChI=1S/C19H32BrN3OSi/c1-13(2)25(14(3)4,15(5)6)24-11-7-10-23-18-12-16(20)8-9-17(18)22-19(23)21/h8-9,12-15H,7,10-11H2,1-6H3,(H2,21,22). The Morgan fingerprint density at radius 2 is 1.72 bits per heavy atom. The number of anilines is 1. The average molecular weight is 426 g/mol. The van der Waals surface area contributed by atoms with Crippen LogP contribution in [-0.2, 0) is 11.0 Å². The second kappa shape index (κ2) is 8.23. The molecule has 1 heterocycles. The van der Waals surface area contributed by atoms with E-state index in [1.807, 2.05) is 12.1 Å². The first kappa shape index (κ1) is 20.5. The lowest BCUT2D eigenvalue weighted by molar-refractivity contribution is 0.266. The normalized spacial score (nSPS) is 12.9. The van der Waals surface area contributed by atoms with Gasteiger partial charge < -0.3 is 14.7 Å². The van der Waals surface area contributed by atoms with E-state index < -0.39 is 8.32 Å². The summed E-state index contributed by atoms with van der Waals surface area (Å²) >= 11 is 3.53. The van der Waals surface area contributed by atoms with Gasteiger partial charge in [0.15, 0.2) is 8.32 Å². The van der Waals surface area contributed by atoms with Crippen molar-refractivity contribution >= 4 is 41.2 Å². The van der Waals surface area contributed by atoms with Crippen molar-refractivity contribution in [1.29, 1.82) is 0 Å². The fraction of sp³-hybridized carbons (Fsp3) is 0.632. The van der Waals surface area contributed by atoms with Gasteiger partial charge in [-0.15, -0.1) is 0 Å². The number of nitrogens with two attached hydrogens (primary N) is 1. The summed E-state index contributed by atoms with van der Waals surface area (Å²) in [5.74, 6) is 0.577. The Labute approximate surface area is 161 Å². The molecule has 25 heavy (non-hydrogen) atoms. The molecule has 0 aliphatic rings. The van der Waals surface area contributed by atoms with Crippen LogP contribution in [0.1, 0.15) is 48.0 Å². The third-order valence-corrected chi connectivity index (χ3v) is 11.9. The van der Waals surface area contributed by atoms with Gasteiger partial charge in [0.25, 0.3) is 0 Å². The summed E-state index contributed by atoms with van der Waals surface area (Å²) in [5, 5.41) is 0. The minimum Gasteiger partial charge on any atom is -0.416 e. The maximum atomic E-state index is 6.64. The first-order chi connectivity index (χ1) is 11.7. The van der Waals surface area contributed by atoms with Crippen molar-refractivity contribution in [3.63, 3.8) is 0 Å². The SMILES string of the molecule is CC(C)[Si](OCCCn1c(N)nc2ccc(Br)cc21)(C(C)C)C(C)C. The third kappa shape index (κ3) is 4.12. The summed E-state index contributed by atoms with van der Waals surface area (Å²) in [6.07, 6.45) is 0.948. The highest BCUT2D eigenvalue weighted by molar-refractivity contribution is 9.10. The number of benzene rings is 1. The molecule has 2 N–H and O–H groups in total. The van der Waals surface area contributed by atoms with Crippen LogP contribution in [0.25, 0.3) is 11.0 Å². The van der Waals surface area contributed by atoms with Crippen LogP contribution < -0.4 is 5.73 Å². The van der Waals surface area contributed by atoms with Crippen molar-refractivity contribution in [2.75, 3.05) is 12.3 Å². The van der Waals surface area contributed by atoms with Gasteiger partial charge in [-0.1, -0.05) is 57.5 Å². The maximum absolute atomic E-state index is 6.64. The van der Waals surface area contributed by atoms with Crippen LogP contribution in [0.2, 0.25) is 16.6 Å². The van der Waals surface area contributed by atoms with E-state index in [0.29, 0.717) is 22.6 Å². The number of rotatable bonds is 8. The van der Waals surface area contributed by atoms with Gasteiger partial charge in [0.05, 0.1) is 11.0 Å².